The predicted molar refractivity (Wildman–Crippen MR) is 101 cm³/mol. The van der Waals surface area contributed by atoms with Gasteiger partial charge in [0.1, 0.15) is 5.82 Å². The second kappa shape index (κ2) is 7.97. The average Bonchev–Trinajstić information content (AvgIpc) is 3.25. The number of hydrogen-bond donors (Lipinski definition) is 2. The van der Waals surface area contributed by atoms with Crippen LogP contribution < -0.4 is 10.2 Å². The van der Waals surface area contributed by atoms with Gasteiger partial charge in [-0.15, -0.1) is 0 Å². The molecule has 1 saturated heterocycles. The van der Waals surface area contributed by atoms with Crippen molar-refractivity contribution in [3.63, 3.8) is 0 Å². The summed E-state index contributed by atoms with van der Waals surface area (Å²) in [7, 11) is 0. The monoisotopic (exact) mass is 374 g/mol. The number of nitrogens with one attached hydrogen (secondary N) is 2. The lowest BCUT2D eigenvalue weighted by atomic mass is 9.86. The van der Waals surface area contributed by atoms with Gasteiger partial charge in [-0.25, -0.2) is 4.39 Å². The third kappa shape index (κ3) is 4.49. The van der Waals surface area contributed by atoms with Crippen molar-refractivity contribution in [2.24, 2.45) is 17.8 Å². The van der Waals surface area contributed by atoms with Crippen molar-refractivity contribution in [3.8, 4) is 0 Å². The Bertz CT molecular complexity index is 702. The maximum Gasteiger partial charge on any atom is 0.279 e. The Morgan fingerprint density at radius 1 is 1.19 bits per heavy atom. The first-order valence-corrected chi connectivity index (χ1v) is 10.2. The average molecular weight is 374 g/mol. The van der Waals surface area contributed by atoms with Crippen LogP contribution in [0, 0.1) is 23.6 Å². The first kappa shape index (κ1) is 18.4. The summed E-state index contributed by atoms with van der Waals surface area (Å²) >= 11 is 0. The second-order valence-corrected chi connectivity index (χ2v) is 8.51. The van der Waals surface area contributed by atoms with Gasteiger partial charge in [-0.3, -0.25) is 9.59 Å². The zero-order valence-electron chi connectivity index (χ0n) is 15.8. The third-order valence-corrected chi connectivity index (χ3v) is 6.66. The van der Waals surface area contributed by atoms with Crippen LogP contribution in [0.15, 0.2) is 24.3 Å². The molecule has 4 rings (SSSR count). The number of hydrogen-bond acceptors (Lipinski definition) is 2. The smallest absolute Gasteiger partial charge is 0.279 e. The fourth-order valence-electron chi connectivity index (χ4n) is 5.23. The van der Waals surface area contributed by atoms with Crippen molar-refractivity contribution in [3.05, 3.63) is 30.1 Å². The topological polar surface area (TPSA) is 53.9 Å². The quantitative estimate of drug-likeness (QED) is 0.817. The Balaban J connectivity index is 1.19. The van der Waals surface area contributed by atoms with E-state index in [0.717, 1.165) is 44.4 Å². The predicted octanol–water partition coefficient (Wildman–Crippen LogP) is 1.32. The van der Waals surface area contributed by atoms with Crippen LogP contribution in [0.4, 0.5) is 10.1 Å². The molecule has 0 aromatic heterocycles. The van der Waals surface area contributed by atoms with E-state index in [0.29, 0.717) is 24.1 Å². The Morgan fingerprint density at radius 3 is 2.67 bits per heavy atom. The van der Waals surface area contributed by atoms with E-state index in [2.05, 4.69) is 5.32 Å². The van der Waals surface area contributed by atoms with E-state index in [9.17, 15) is 14.0 Å². The van der Waals surface area contributed by atoms with Gasteiger partial charge in [-0.05, 0) is 55.2 Å². The van der Waals surface area contributed by atoms with Gasteiger partial charge >= 0.3 is 0 Å². The van der Waals surface area contributed by atoms with Crippen molar-refractivity contribution in [2.45, 2.75) is 32.1 Å². The van der Waals surface area contributed by atoms with E-state index < -0.39 is 0 Å². The van der Waals surface area contributed by atoms with Crippen LogP contribution in [0.1, 0.15) is 32.1 Å². The number of carbonyl (C=O) groups is 2. The Hall–Kier alpha value is -1.95. The molecule has 3 aliphatic rings. The number of carbonyl (C=O) groups excluding carboxylic acids is 2. The fourth-order valence-corrected chi connectivity index (χ4v) is 5.23. The van der Waals surface area contributed by atoms with E-state index >= 15 is 0 Å². The summed E-state index contributed by atoms with van der Waals surface area (Å²) in [5.74, 6) is 2.11. The van der Waals surface area contributed by atoms with Gasteiger partial charge in [0.05, 0.1) is 26.2 Å². The van der Waals surface area contributed by atoms with Crippen molar-refractivity contribution in [1.82, 2.24) is 4.90 Å². The van der Waals surface area contributed by atoms with Crippen molar-refractivity contribution in [2.75, 3.05) is 38.0 Å². The number of benzene rings is 1. The van der Waals surface area contributed by atoms with Crippen molar-refractivity contribution in [1.29, 1.82) is 0 Å². The van der Waals surface area contributed by atoms with E-state index in [-0.39, 0.29) is 11.7 Å². The molecule has 6 heteroatoms. The molecular formula is C21H29FN3O2+. The highest BCUT2D eigenvalue weighted by Gasteiger charge is 2.41. The normalized spacial score (nSPS) is 27.7. The molecule has 2 bridgehead atoms. The maximum atomic E-state index is 13.2. The van der Waals surface area contributed by atoms with Crippen LogP contribution in [-0.2, 0) is 9.59 Å². The van der Waals surface area contributed by atoms with Gasteiger partial charge in [0.25, 0.3) is 5.91 Å². The molecule has 2 N–H and O–H groups in total. The van der Waals surface area contributed by atoms with Crippen LogP contribution in [0.3, 0.4) is 0 Å². The number of fused-ring (bicyclic) bond motifs is 2. The maximum absolute atomic E-state index is 13.2. The van der Waals surface area contributed by atoms with Crippen LogP contribution in [0.5, 0.6) is 0 Å². The molecule has 3 fully saturated rings. The summed E-state index contributed by atoms with van der Waals surface area (Å²) in [6.07, 6.45) is 6.00. The number of anilines is 1. The zero-order valence-corrected chi connectivity index (χ0v) is 15.8. The molecule has 5 nitrogen and oxygen atoms in total. The van der Waals surface area contributed by atoms with Crippen LogP contribution in [-0.4, -0.2) is 49.4 Å². The molecule has 2 aliphatic carbocycles. The van der Waals surface area contributed by atoms with Gasteiger partial charge in [-0.2, -0.15) is 0 Å². The summed E-state index contributed by atoms with van der Waals surface area (Å²) in [4.78, 5) is 28.0. The number of rotatable bonds is 5. The molecule has 1 aromatic carbocycles. The number of amides is 2. The molecule has 1 heterocycles. The molecule has 2 saturated carbocycles. The Morgan fingerprint density at radius 2 is 2.00 bits per heavy atom. The minimum atomic E-state index is -0.359. The highest BCUT2D eigenvalue weighted by molar-refractivity contribution is 5.91. The van der Waals surface area contributed by atoms with Crippen molar-refractivity contribution < 1.29 is 18.9 Å². The fraction of sp³-hybridized carbons (Fsp3) is 0.619. The SMILES string of the molecule is O=C(C[NH+]1CCN(C(=O)C[C@@H]2C[C@H]3CC[C@@H]2C3)CC1)Nc1cccc(F)c1. The number of quaternary nitrogens is 1. The van der Waals surface area contributed by atoms with E-state index in [1.165, 1.54) is 42.7 Å². The van der Waals surface area contributed by atoms with E-state index in [4.69, 9.17) is 0 Å². The Labute approximate surface area is 159 Å². The van der Waals surface area contributed by atoms with Crippen LogP contribution >= 0.6 is 0 Å². The minimum absolute atomic E-state index is 0.114. The lowest BCUT2D eigenvalue weighted by Crippen LogP contribution is -3.15. The minimum Gasteiger partial charge on any atom is -0.331 e. The molecule has 1 aromatic rings. The summed E-state index contributed by atoms with van der Waals surface area (Å²) < 4.78 is 13.2. The lowest BCUT2D eigenvalue weighted by Gasteiger charge is -2.33. The largest absolute Gasteiger partial charge is 0.331 e. The molecule has 0 radical (unpaired) electrons. The van der Waals surface area contributed by atoms with Gasteiger partial charge in [0.2, 0.25) is 5.91 Å². The molecule has 27 heavy (non-hydrogen) atoms. The summed E-state index contributed by atoms with van der Waals surface area (Å²) in [6, 6.07) is 5.94. The van der Waals surface area contributed by atoms with Crippen molar-refractivity contribution >= 4 is 17.5 Å². The van der Waals surface area contributed by atoms with Gasteiger partial charge in [-0.1, -0.05) is 12.5 Å². The van der Waals surface area contributed by atoms with Gasteiger partial charge in [0.15, 0.2) is 6.54 Å². The number of nitrogens with zero attached hydrogens (tertiary/aromatic N) is 1. The molecular weight excluding hydrogens is 345 g/mol. The third-order valence-electron chi connectivity index (χ3n) is 6.66. The van der Waals surface area contributed by atoms with Crippen LogP contribution in [0.2, 0.25) is 0 Å². The highest BCUT2D eigenvalue weighted by atomic mass is 19.1. The first-order chi connectivity index (χ1) is 13.1. The molecule has 0 unspecified atom stereocenters. The molecule has 3 atom stereocenters. The number of halogens is 1. The molecule has 2 amide bonds. The zero-order chi connectivity index (χ0) is 18.8. The lowest BCUT2D eigenvalue weighted by molar-refractivity contribution is -0.895. The molecule has 0 spiro atoms. The summed E-state index contributed by atoms with van der Waals surface area (Å²) in [6.45, 7) is 3.38. The van der Waals surface area contributed by atoms with Gasteiger partial charge in [0, 0.05) is 12.1 Å². The van der Waals surface area contributed by atoms with E-state index in [1.807, 2.05) is 4.90 Å². The number of piperazine rings is 1. The standard InChI is InChI=1S/C21H28FN3O2/c22-18-2-1-3-19(13-18)23-20(26)14-24-6-8-25(9-7-24)21(27)12-17-11-15-4-5-16(17)10-15/h1-3,13,15-17H,4-12,14H2,(H,23,26)/p+1/t15-,16+,17-/m0/s1. The summed E-state index contributed by atoms with van der Waals surface area (Å²) in [5, 5.41) is 2.75. The second-order valence-electron chi connectivity index (χ2n) is 8.51. The Kier molecular flexibility index (Phi) is 5.43. The van der Waals surface area contributed by atoms with Gasteiger partial charge < -0.3 is 15.1 Å². The van der Waals surface area contributed by atoms with Crippen LogP contribution in [0.25, 0.3) is 0 Å². The summed E-state index contributed by atoms with van der Waals surface area (Å²) in [5.41, 5.74) is 0.485. The van der Waals surface area contributed by atoms with E-state index in [1.54, 1.807) is 12.1 Å². The molecule has 146 valence electrons. The highest BCUT2D eigenvalue weighted by Crippen LogP contribution is 2.49. The molecule has 1 aliphatic heterocycles. The first-order valence-electron chi connectivity index (χ1n) is 10.2.